The number of aliphatic hydroxyl groups excluding tert-OH is 1. The first-order valence-corrected chi connectivity index (χ1v) is 5.66. The average Bonchev–Trinajstić information content (AvgIpc) is 2.14. The van der Waals surface area contributed by atoms with Gasteiger partial charge in [0, 0.05) is 12.8 Å². The van der Waals surface area contributed by atoms with E-state index < -0.39 is 18.2 Å². The second-order valence-corrected chi connectivity index (χ2v) is 3.69. The van der Waals surface area contributed by atoms with Crippen molar-refractivity contribution in [3.8, 4) is 0 Å². The Labute approximate surface area is 101 Å². The van der Waals surface area contributed by atoms with Gasteiger partial charge in [-0.1, -0.05) is 19.3 Å². The van der Waals surface area contributed by atoms with Gasteiger partial charge in [-0.05, 0) is 19.8 Å². The summed E-state index contributed by atoms with van der Waals surface area (Å²) >= 11 is 0. The maximum Gasteiger partial charge on any atom is 0.303 e. The molecule has 0 unspecified atom stereocenters. The van der Waals surface area contributed by atoms with E-state index in [4.69, 9.17) is 20.4 Å². The number of hydrogen-bond donors (Lipinski definition) is 4. The summed E-state index contributed by atoms with van der Waals surface area (Å²) in [5.41, 5.74) is 0. The van der Waals surface area contributed by atoms with E-state index in [9.17, 15) is 9.59 Å². The fourth-order valence-corrected chi connectivity index (χ4v) is 1.08. The molecule has 0 aromatic rings. The minimum Gasteiger partial charge on any atom is -0.481 e. The van der Waals surface area contributed by atoms with Crippen molar-refractivity contribution < 1.29 is 30.0 Å². The Kier molecular flexibility index (Phi) is 13.9. The zero-order chi connectivity index (χ0) is 13.7. The molecule has 0 radical (unpaired) electrons. The fourth-order valence-electron chi connectivity index (χ4n) is 1.08. The molecule has 0 saturated carbocycles. The largest absolute Gasteiger partial charge is 0.481 e. The van der Waals surface area contributed by atoms with Crippen LogP contribution in [0.2, 0.25) is 0 Å². The standard InChI is InChI=1S/C9H16O4.C2H6O2/c10-8(11)6-4-2-1-3-5-7-9(12)13;1-2(3)4/h1-7H2,(H,10,11)(H,12,13);2-4H,1H3. The number of unbranched alkanes of at least 4 members (excludes halogenated alkanes) is 4. The van der Waals surface area contributed by atoms with Crippen LogP contribution < -0.4 is 0 Å². The lowest BCUT2D eigenvalue weighted by Crippen LogP contribution is -1.95. The molecule has 0 aliphatic heterocycles. The number of carbonyl (C=O) groups is 2. The molecule has 6 nitrogen and oxygen atoms in total. The molecule has 0 rings (SSSR count). The minimum absolute atomic E-state index is 0.221. The molecule has 0 aliphatic carbocycles. The molecule has 17 heavy (non-hydrogen) atoms. The number of carboxylic acid groups (broad SMARTS) is 2. The molecule has 0 aromatic carbocycles. The summed E-state index contributed by atoms with van der Waals surface area (Å²) in [5, 5.41) is 31.8. The van der Waals surface area contributed by atoms with Crippen molar-refractivity contribution in [3.63, 3.8) is 0 Å². The Morgan fingerprint density at radius 1 is 0.824 bits per heavy atom. The highest BCUT2D eigenvalue weighted by Crippen LogP contribution is 2.06. The minimum atomic E-state index is -1.17. The normalized spacial score (nSPS) is 9.65. The Morgan fingerprint density at radius 2 is 1.06 bits per heavy atom. The second kappa shape index (κ2) is 12.9. The molecule has 0 aliphatic rings. The molecular weight excluding hydrogens is 228 g/mol. The van der Waals surface area contributed by atoms with Gasteiger partial charge in [-0.25, -0.2) is 0 Å². The lowest BCUT2D eigenvalue weighted by Gasteiger charge is -1.97. The molecular formula is C11H22O6. The summed E-state index contributed by atoms with van der Waals surface area (Å²) in [4.78, 5) is 20.2. The van der Waals surface area contributed by atoms with Crippen LogP contribution in [0.25, 0.3) is 0 Å². The van der Waals surface area contributed by atoms with Gasteiger partial charge in [-0.2, -0.15) is 0 Å². The van der Waals surface area contributed by atoms with Crippen LogP contribution in [0.15, 0.2) is 0 Å². The highest BCUT2D eigenvalue weighted by atomic mass is 16.5. The maximum absolute atomic E-state index is 10.1. The van der Waals surface area contributed by atoms with E-state index in [0.29, 0.717) is 12.8 Å². The third-order valence-electron chi connectivity index (χ3n) is 1.78. The van der Waals surface area contributed by atoms with Crippen LogP contribution in [-0.4, -0.2) is 38.7 Å². The van der Waals surface area contributed by atoms with Gasteiger partial charge >= 0.3 is 11.9 Å². The Balaban J connectivity index is 0. The molecule has 6 heteroatoms. The van der Waals surface area contributed by atoms with Gasteiger partial charge in [0.1, 0.15) is 6.29 Å². The topological polar surface area (TPSA) is 115 Å². The molecule has 0 aromatic heterocycles. The van der Waals surface area contributed by atoms with Gasteiger partial charge in [0.05, 0.1) is 0 Å². The number of aliphatic hydroxyl groups is 2. The third kappa shape index (κ3) is 31.3. The third-order valence-corrected chi connectivity index (χ3v) is 1.78. The van der Waals surface area contributed by atoms with Crippen LogP contribution in [0.4, 0.5) is 0 Å². The van der Waals surface area contributed by atoms with Crippen molar-refractivity contribution >= 4 is 11.9 Å². The van der Waals surface area contributed by atoms with Crippen LogP contribution >= 0.6 is 0 Å². The van der Waals surface area contributed by atoms with Gasteiger partial charge in [0.25, 0.3) is 0 Å². The van der Waals surface area contributed by atoms with Gasteiger partial charge in [-0.3, -0.25) is 9.59 Å². The zero-order valence-electron chi connectivity index (χ0n) is 10.1. The molecule has 0 atom stereocenters. The molecule has 0 fully saturated rings. The first kappa shape index (κ1) is 18.2. The predicted octanol–water partition coefficient (Wildman–Crippen LogP) is 1.20. The van der Waals surface area contributed by atoms with Crippen molar-refractivity contribution in [2.45, 2.75) is 58.2 Å². The number of aliphatic carboxylic acids is 2. The van der Waals surface area contributed by atoms with Crippen LogP contribution in [0, 0.1) is 0 Å². The van der Waals surface area contributed by atoms with Crippen LogP contribution in [0.1, 0.15) is 51.9 Å². The van der Waals surface area contributed by atoms with Crippen molar-refractivity contribution in [1.29, 1.82) is 0 Å². The first-order valence-electron chi connectivity index (χ1n) is 5.66. The summed E-state index contributed by atoms with van der Waals surface area (Å²) < 4.78 is 0. The summed E-state index contributed by atoms with van der Waals surface area (Å²) in [6, 6.07) is 0. The van der Waals surface area contributed by atoms with Gasteiger partial charge in [-0.15, -0.1) is 0 Å². The van der Waals surface area contributed by atoms with Crippen molar-refractivity contribution in [1.82, 2.24) is 0 Å². The smallest absolute Gasteiger partial charge is 0.303 e. The predicted molar refractivity (Wildman–Crippen MR) is 61.5 cm³/mol. The molecule has 0 amide bonds. The van der Waals surface area contributed by atoms with Crippen LogP contribution in [-0.2, 0) is 9.59 Å². The lowest BCUT2D eigenvalue weighted by atomic mass is 10.1. The van der Waals surface area contributed by atoms with Gasteiger partial charge < -0.3 is 20.4 Å². The highest BCUT2D eigenvalue weighted by Gasteiger charge is 1.98. The number of rotatable bonds is 8. The van der Waals surface area contributed by atoms with Crippen LogP contribution in [0.3, 0.4) is 0 Å². The Hall–Kier alpha value is -1.14. The fraction of sp³-hybridized carbons (Fsp3) is 0.818. The van der Waals surface area contributed by atoms with E-state index in [2.05, 4.69) is 0 Å². The SMILES string of the molecule is CC(O)O.O=C(O)CCCCCCCC(=O)O. The number of hydrogen-bond acceptors (Lipinski definition) is 4. The molecule has 4 N–H and O–H groups in total. The summed E-state index contributed by atoms with van der Waals surface area (Å²) in [5.74, 6) is -1.52. The van der Waals surface area contributed by atoms with E-state index in [1.165, 1.54) is 6.92 Å². The van der Waals surface area contributed by atoms with Crippen molar-refractivity contribution in [2.24, 2.45) is 0 Å². The maximum atomic E-state index is 10.1. The summed E-state index contributed by atoms with van der Waals surface area (Å²) in [6.07, 6.45) is 3.36. The van der Waals surface area contributed by atoms with E-state index in [0.717, 1.165) is 19.3 Å². The second-order valence-electron chi connectivity index (χ2n) is 3.69. The Bertz CT molecular complexity index is 181. The van der Waals surface area contributed by atoms with E-state index >= 15 is 0 Å². The molecule has 0 spiro atoms. The molecule has 0 saturated heterocycles. The van der Waals surface area contributed by atoms with E-state index in [-0.39, 0.29) is 12.8 Å². The zero-order valence-corrected chi connectivity index (χ0v) is 10.1. The highest BCUT2D eigenvalue weighted by molar-refractivity contribution is 5.66. The van der Waals surface area contributed by atoms with E-state index in [1.807, 2.05) is 0 Å². The van der Waals surface area contributed by atoms with Crippen molar-refractivity contribution in [2.75, 3.05) is 0 Å². The van der Waals surface area contributed by atoms with Gasteiger partial charge in [0.15, 0.2) is 0 Å². The molecule has 102 valence electrons. The van der Waals surface area contributed by atoms with Crippen LogP contribution in [0.5, 0.6) is 0 Å². The van der Waals surface area contributed by atoms with Gasteiger partial charge in [0.2, 0.25) is 0 Å². The molecule has 0 bridgehead atoms. The quantitative estimate of drug-likeness (QED) is 0.380. The monoisotopic (exact) mass is 250 g/mol. The Morgan fingerprint density at radius 3 is 1.29 bits per heavy atom. The number of carboxylic acids is 2. The van der Waals surface area contributed by atoms with Crippen molar-refractivity contribution in [3.05, 3.63) is 0 Å². The molecule has 0 heterocycles. The summed E-state index contributed by atoms with van der Waals surface area (Å²) in [6.45, 7) is 1.28. The average molecular weight is 250 g/mol. The first-order chi connectivity index (χ1) is 7.86. The van der Waals surface area contributed by atoms with E-state index in [1.54, 1.807) is 0 Å². The lowest BCUT2D eigenvalue weighted by molar-refractivity contribution is -0.138. The summed E-state index contributed by atoms with van der Waals surface area (Å²) in [7, 11) is 0.